The summed E-state index contributed by atoms with van der Waals surface area (Å²) < 4.78 is 0. The second-order valence-electron chi connectivity index (χ2n) is 6.94. The van der Waals surface area contributed by atoms with E-state index in [2.05, 4.69) is 6.58 Å². The van der Waals surface area contributed by atoms with Gasteiger partial charge in [-0.3, -0.25) is 19.7 Å². The molecule has 26 heavy (non-hydrogen) atoms. The lowest BCUT2D eigenvalue weighted by molar-refractivity contribution is -0.530. The molecule has 1 spiro atoms. The number of carbonyl (C=O) groups excluding carboxylic acids is 2. The zero-order valence-electron chi connectivity index (χ0n) is 14.0. The molecular formula is C21H17NO4. The third kappa shape index (κ3) is 1.97. The van der Waals surface area contributed by atoms with Gasteiger partial charge in [-0.15, -0.1) is 6.58 Å². The first kappa shape index (κ1) is 16.4. The van der Waals surface area contributed by atoms with Crippen LogP contribution in [0.5, 0.6) is 0 Å². The van der Waals surface area contributed by atoms with Gasteiger partial charge in [0, 0.05) is 22.0 Å². The topological polar surface area (TPSA) is 77.3 Å². The van der Waals surface area contributed by atoms with Gasteiger partial charge in [0.15, 0.2) is 11.6 Å². The number of carbonyl (C=O) groups is 2. The molecule has 5 nitrogen and oxygen atoms in total. The summed E-state index contributed by atoms with van der Waals surface area (Å²) in [6.07, 6.45) is 1.63. The number of nitro groups is 1. The molecule has 2 aliphatic carbocycles. The minimum atomic E-state index is -1.43. The second kappa shape index (κ2) is 5.73. The highest BCUT2D eigenvalue weighted by Gasteiger charge is 2.68. The van der Waals surface area contributed by atoms with Crippen LogP contribution in [-0.4, -0.2) is 22.5 Å². The number of rotatable bonds is 3. The van der Waals surface area contributed by atoms with E-state index in [0.717, 1.165) is 0 Å². The van der Waals surface area contributed by atoms with Gasteiger partial charge >= 0.3 is 0 Å². The van der Waals surface area contributed by atoms with Crippen molar-refractivity contribution < 1.29 is 14.5 Å². The third-order valence-electron chi connectivity index (χ3n) is 5.80. The van der Waals surface area contributed by atoms with Crippen molar-refractivity contribution >= 4 is 11.6 Å². The van der Waals surface area contributed by atoms with Crippen LogP contribution in [0.2, 0.25) is 0 Å². The van der Waals surface area contributed by atoms with Crippen molar-refractivity contribution in [3.05, 3.63) is 94.1 Å². The maximum atomic E-state index is 13.4. The maximum absolute atomic E-state index is 13.4. The molecule has 0 aliphatic heterocycles. The Morgan fingerprint density at radius 1 is 1.00 bits per heavy atom. The van der Waals surface area contributed by atoms with Gasteiger partial charge in [-0.1, -0.05) is 60.7 Å². The van der Waals surface area contributed by atoms with E-state index in [4.69, 9.17) is 0 Å². The quantitative estimate of drug-likeness (QED) is 0.367. The van der Waals surface area contributed by atoms with E-state index in [1.54, 1.807) is 48.5 Å². The molecule has 2 aliphatic rings. The van der Waals surface area contributed by atoms with Gasteiger partial charge in [-0.05, 0) is 12.0 Å². The van der Waals surface area contributed by atoms with Gasteiger partial charge in [0.1, 0.15) is 5.41 Å². The average molecular weight is 347 g/mol. The fourth-order valence-electron chi connectivity index (χ4n) is 4.73. The standard InChI is InChI=1S/C21H17NO4/c1-2-13-12-21(19(23)15-10-6-7-11-16(15)20(21)24)17(18(13)22(25)26)14-8-4-3-5-9-14/h2-11,13,17-18H,1,12H2/t13-,17+,18-/m1/s1. The van der Waals surface area contributed by atoms with E-state index in [1.807, 2.05) is 6.07 Å². The van der Waals surface area contributed by atoms with E-state index < -0.39 is 23.3 Å². The lowest BCUT2D eigenvalue weighted by Crippen LogP contribution is -2.40. The second-order valence-corrected chi connectivity index (χ2v) is 6.94. The van der Waals surface area contributed by atoms with Crippen molar-refractivity contribution in [1.29, 1.82) is 0 Å². The first-order valence-corrected chi connectivity index (χ1v) is 8.52. The fourth-order valence-corrected chi connectivity index (χ4v) is 4.73. The Morgan fingerprint density at radius 2 is 1.54 bits per heavy atom. The first-order valence-electron chi connectivity index (χ1n) is 8.52. The van der Waals surface area contributed by atoms with Crippen LogP contribution in [0, 0.1) is 21.4 Å². The number of Topliss-reactive ketones (excluding diaryl/α,β-unsaturated/α-hetero) is 2. The summed E-state index contributed by atoms with van der Waals surface area (Å²) in [5.41, 5.74) is -0.0507. The summed E-state index contributed by atoms with van der Waals surface area (Å²) in [5, 5.41) is 11.9. The molecule has 0 saturated heterocycles. The molecule has 5 heteroatoms. The highest BCUT2D eigenvalue weighted by Crippen LogP contribution is 2.59. The molecule has 0 unspecified atom stereocenters. The molecule has 0 heterocycles. The molecule has 4 rings (SSSR count). The van der Waals surface area contributed by atoms with Gasteiger partial charge in [-0.2, -0.15) is 0 Å². The lowest BCUT2D eigenvalue weighted by atomic mass is 9.70. The molecular weight excluding hydrogens is 330 g/mol. The van der Waals surface area contributed by atoms with E-state index >= 15 is 0 Å². The summed E-state index contributed by atoms with van der Waals surface area (Å²) in [6.45, 7) is 3.73. The number of benzene rings is 2. The molecule has 1 fully saturated rings. The molecule has 0 N–H and O–H groups in total. The predicted octanol–water partition coefficient (Wildman–Crippen LogP) is 3.69. The van der Waals surface area contributed by atoms with Crippen LogP contribution in [0.4, 0.5) is 0 Å². The smallest absolute Gasteiger partial charge is 0.227 e. The summed E-state index contributed by atoms with van der Waals surface area (Å²) >= 11 is 0. The van der Waals surface area contributed by atoms with Crippen molar-refractivity contribution in [2.45, 2.75) is 18.4 Å². The Kier molecular flexibility index (Phi) is 3.61. The lowest BCUT2D eigenvalue weighted by Gasteiger charge is -2.28. The number of ketones is 2. The zero-order valence-corrected chi connectivity index (χ0v) is 14.0. The zero-order chi connectivity index (χ0) is 18.5. The van der Waals surface area contributed by atoms with E-state index in [-0.39, 0.29) is 22.9 Å². The van der Waals surface area contributed by atoms with E-state index in [0.29, 0.717) is 16.7 Å². The SMILES string of the molecule is C=C[C@@H]1CC2(C(=O)c3ccccc3C2=O)[C@@H](c2ccccc2)[C@@H]1[N+](=O)[O-]. The van der Waals surface area contributed by atoms with Crippen molar-refractivity contribution in [3.63, 3.8) is 0 Å². The fraction of sp³-hybridized carbons (Fsp3) is 0.238. The Hall–Kier alpha value is -3.08. The number of hydrogen-bond donors (Lipinski definition) is 0. The largest absolute Gasteiger partial charge is 0.293 e. The van der Waals surface area contributed by atoms with Crippen LogP contribution in [-0.2, 0) is 0 Å². The molecule has 2 aromatic rings. The molecule has 0 radical (unpaired) electrons. The minimum absolute atomic E-state index is 0.119. The molecule has 0 aromatic heterocycles. The number of hydrogen-bond acceptors (Lipinski definition) is 4. The van der Waals surface area contributed by atoms with Gasteiger partial charge in [-0.25, -0.2) is 0 Å². The van der Waals surface area contributed by atoms with Crippen molar-refractivity contribution in [2.75, 3.05) is 0 Å². The monoisotopic (exact) mass is 347 g/mol. The Balaban J connectivity index is 1.98. The Bertz CT molecular complexity index is 899. The summed E-state index contributed by atoms with van der Waals surface area (Å²) in [5.74, 6) is -1.96. The van der Waals surface area contributed by atoms with Gasteiger partial charge in [0.05, 0.1) is 5.92 Å². The summed E-state index contributed by atoms with van der Waals surface area (Å²) in [6, 6.07) is 14.5. The molecule has 130 valence electrons. The molecule has 3 atom stereocenters. The van der Waals surface area contributed by atoms with Crippen molar-refractivity contribution in [1.82, 2.24) is 0 Å². The van der Waals surface area contributed by atoms with E-state index in [1.165, 1.54) is 6.08 Å². The Morgan fingerprint density at radius 3 is 2.04 bits per heavy atom. The maximum Gasteiger partial charge on any atom is 0.227 e. The van der Waals surface area contributed by atoms with E-state index in [9.17, 15) is 19.7 Å². The predicted molar refractivity (Wildman–Crippen MR) is 95.8 cm³/mol. The molecule has 0 amide bonds. The van der Waals surface area contributed by atoms with Gasteiger partial charge in [0.2, 0.25) is 6.04 Å². The van der Waals surface area contributed by atoms with Crippen LogP contribution in [0.1, 0.15) is 38.6 Å². The molecule has 2 aromatic carbocycles. The van der Waals surface area contributed by atoms with Crippen molar-refractivity contribution in [3.8, 4) is 0 Å². The summed E-state index contributed by atoms with van der Waals surface area (Å²) in [7, 11) is 0. The molecule has 0 bridgehead atoms. The highest BCUT2D eigenvalue weighted by molar-refractivity contribution is 6.30. The normalized spacial score (nSPS) is 26.1. The van der Waals surface area contributed by atoms with Crippen LogP contribution in [0.25, 0.3) is 0 Å². The molecule has 1 saturated carbocycles. The van der Waals surface area contributed by atoms with Crippen molar-refractivity contribution in [2.24, 2.45) is 11.3 Å². The van der Waals surface area contributed by atoms with Crippen LogP contribution in [0.15, 0.2) is 67.3 Å². The Labute approximate surface area is 150 Å². The van der Waals surface area contributed by atoms with Gasteiger partial charge < -0.3 is 0 Å². The highest BCUT2D eigenvalue weighted by atomic mass is 16.6. The average Bonchev–Trinajstić information content (AvgIpc) is 3.13. The van der Waals surface area contributed by atoms with Crippen LogP contribution >= 0.6 is 0 Å². The van der Waals surface area contributed by atoms with Crippen LogP contribution in [0.3, 0.4) is 0 Å². The number of fused-ring (bicyclic) bond motifs is 1. The van der Waals surface area contributed by atoms with Gasteiger partial charge in [0.25, 0.3) is 0 Å². The minimum Gasteiger partial charge on any atom is -0.293 e. The third-order valence-corrected chi connectivity index (χ3v) is 5.80. The van der Waals surface area contributed by atoms with Crippen LogP contribution < -0.4 is 0 Å². The number of nitrogens with zero attached hydrogens (tertiary/aromatic N) is 1. The summed E-state index contributed by atoms with van der Waals surface area (Å²) in [4.78, 5) is 38.3. The first-order chi connectivity index (χ1) is 12.5.